The number of aryl methyl sites for hydroxylation is 1. The molecule has 88 valence electrons. The molecule has 1 amide bonds. The van der Waals surface area contributed by atoms with Crippen LogP contribution in [0.15, 0.2) is 12.1 Å². The molecule has 0 unspecified atom stereocenters. The zero-order valence-electron chi connectivity index (χ0n) is 9.87. The number of likely N-dealkylation sites (tertiary alicyclic amines) is 1. The van der Waals surface area contributed by atoms with Crippen molar-refractivity contribution >= 4 is 17.2 Å². The second-order valence-corrected chi connectivity index (χ2v) is 5.76. The maximum absolute atomic E-state index is 12.2. The topological polar surface area (TPSA) is 20.3 Å². The highest BCUT2D eigenvalue weighted by Crippen LogP contribution is 2.19. The van der Waals surface area contributed by atoms with Gasteiger partial charge in [-0.05, 0) is 31.9 Å². The summed E-state index contributed by atoms with van der Waals surface area (Å²) in [7, 11) is 0. The average Bonchev–Trinajstić information content (AvgIpc) is 2.63. The third-order valence-electron chi connectivity index (χ3n) is 3.09. The van der Waals surface area contributed by atoms with Crippen LogP contribution in [0.4, 0.5) is 0 Å². The Kier molecular flexibility index (Phi) is 3.99. The fourth-order valence-corrected chi connectivity index (χ4v) is 2.99. The van der Waals surface area contributed by atoms with Gasteiger partial charge in [-0.15, -0.1) is 11.3 Å². The van der Waals surface area contributed by atoms with Gasteiger partial charge in [0.15, 0.2) is 0 Å². The zero-order valence-corrected chi connectivity index (χ0v) is 10.7. The summed E-state index contributed by atoms with van der Waals surface area (Å²) in [4.78, 5) is 16.4. The van der Waals surface area contributed by atoms with E-state index < -0.39 is 0 Å². The molecule has 3 heteroatoms. The molecule has 1 aromatic rings. The molecule has 0 spiro atoms. The molecule has 1 aliphatic rings. The quantitative estimate of drug-likeness (QED) is 0.732. The molecule has 0 aromatic carbocycles. The van der Waals surface area contributed by atoms with Crippen LogP contribution in [0.25, 0.3) is 0 Å². The number of amides is 1. The van der Waals surface area contributed by atoms with Crippen molar-refractivity contribution in [2.24, 2.45) is 0 Å². The lowest BCUT2D eigenvalue weighted by atomic mass is 10.1. The van der Waals surface area contributed by atoms with Crippen LogP contribution in [0, 0.1) is 6.92 Å². The first kappa shape index (κ1) is 11.6. The van der Waals surface area contributed by atoms with Crippen LogP contribution < -0.4 is 0 Å². The fraction of sp³-hybridized carbons (Fsp3) is 0.615. The van der Waals surface area contributed by atoms with Crippen molar-refractivity contribution in [3.05, 3.63) is 21.9 Å². The molecule has 1 fully saturated rings. The molecule has 1 aliphatic heterocycles. The summed E-state index contributed by atoms with van der Waals surface area (Å²) in [5, 5.41) is 0. The van der Waals surface area contributed by atoms with E-state index >= 15 is 0 Å². The fourth-order valence-electron chi connectivity index (χ4n) is 2.16. The van der Waals surface area contributed by atoms with Crippen molar-refractivity contribution in [3.63, 3.8) is 0 Å². The van der Waals surface area contributed by atoms with Gasteiger partial charge >= 0.3 is 0 Å². The summed E-state index contributed by atoms with van der Waals surface area (Å²) in [5.74, 6) is 0.236. The number of nitrogens with zero attached hydrogens (tertiary/aromatic N) is 1. The van der Waals surface area contributed by atoms with Gasteiger partial charge in [0.1, 0.15) is 0 Å². The van der Waals surface area contributed by atoms with Gasteiger partial charge in [0.05, 0.1) is 4.88 Å². The molecule has 2 rings (SSSR count). The van der Waals surface area contributed by atoms with Crippen molar-refractivity contribution < 1.29 is 4.79 Å². The summed E-state index contributed by atoms with van der Waals surface area (Å²) >= 11 is 1.61. The second-order valence-electron chi connectivity index (χ2n) is 4.47. The van der Waals surface area contributed by atoms with Gasteiger partial charge in [0, 0.05) is 18.0 Å². The van der Waals surface area contributed by atoms with E-state index in [2.05, 4.69) is 6.92 Å². The lowest BCUT2D eigenvalue weighted by Crippen LogP contribution is -2.33. The van der Waals surface area contributed by atoms with Gasteiger partial charge in [-0.2, -0.15) is 0 Å². The van der Waals surface area contributed by atoms with E-state index in [0.717, 1.165) is 30.8 Å². The Labute approximate surface area is 101 Å². The van der Waals surface area contributed by atoms with Crippen molar-refractivity contribution in [3.8, 4) is 0 Å². The lowest BCUT2D eigenvalue weighted by Gasteiger charge is -2.24. The van der Waals surface area contributed by atoms with Gasteiger partial charge in [-0.1, -0.05) is 19.3 Å². The second kappa shape index (κ2) is 5.48. The van der Waals surface area contributed by atoms with Crippen LogP contribution in [-0.2, 0) is 0 Å². The van der Waals surface area contributed by atoms with Crippen LogP contribution >= 0.6 is 11.3 Å². The van der Waals surface area contributed by atoms with Crippen molar-refractivity contribution in [2.75, 3.05) is 13.1 Å². The standard InChI is InChI=1S/C13H19NOS/c1-11-7-8-12(16-11)13(15)14-9-5-3-2-4-6-10-14/h7-8H,2-6,9-10H2,1H3. The molecule has 0 bridgehead atoms. The number of thiophene rings is 1. The number of carbonyl (C=O) groups is 1. The minimum absolute atomic E-state index is 0.236. The van der Waals surface area contributed by atoms with E-state index in [1.165, 1.54) is 24.1 Å². The molecule has 2 nitrogen and oxygen atoms in total. The summed E-state index contributed by atoms with van der Waals surface area (Å²) in [6.45, 7) is 3.93. The van der Waals surface area contributed by atoms with Crippen LogP contribution in [0.3, 0.4) is 0 Å². The van der Waals surface area contributed by atoms with Gasteiger partial charge < -0.3 is 4.90 Å². The Balaban J connectivity index is 2.01. The summed E-state index contributed by atoms with van der Waals surface area (Å²) in [6.07, 6.45) is 6.20. The highest BCUT2D eigenvalue weighted by molar-refractivity contribution is 7.13. The van der Waals surface area contributed by atoms with Crippen LogP contribution in [0.2, 0.25) is 0 Å². The van der Waals surface area contributed by atoms with Gasteiger partial charge in [0.2, 0.25) is 0 Å². The number of carbonyl (C=O) groups excluding carboxylic acids is 1. The van der Waals surface area contributed by atoms with E-state index in [9.17, 15) is 4.79 Å². The number of hydrogen-bond donors (Lipinski definition) is 0. The molecule has 0 saturated carbocycles. The first-order valence-electron chi connectivity index (χ1n) is 6.13. The monoisotopic (exact) mass is 237 g/mol. The molecule has 0 aliphatic carbocycles. The predicted octanol–water partition coefficient (Wildman–Crippen LogP) is 3.46. The summed E-state index contributed by atoms with van der Waals surface area (Å²) < 4.78 is 0. The first-order valence-corrected chi connectivity index (χ1v) is 6.95. The Morgan fingerprint density at radius 1 is 1.12 bits per heavy atom. The Bertz CT molecular complexity index is 351. The maximum atomic E-state index is 12.2. The molecule has 1 aromatic heterocycles. The maximum Gasteiger partial charge on any atom is 0.263 e. The Hall–Kier alpha value is -0.830. The number of rotatable bonds is 1. The van der Waals surface area contributed by atoms with Crippen LogP contribution in [0.1, 0.15) is 46.7 Å². The zero-order chi connectivity index (χ0) is 11.4. The predicted molar refractivity (Wildman–Crippen MR) is 68.0 cm³/mol. The van der Waals surface area contributed by atoms with E-state index in [1.807, 2.05) is 17.0 Å². The molecule has 0 atom stereocenters. The molecule has 0 N–H and O–H groups in total. The van der Waals surface area contributed by atoms with E-state index in [4.69, 9.17) is 0 Å². The molecule has 16 heavy (non-hydrogen) atoms. The highest BCUT2D eigenvalue weighted by Gasteiger charge is 2.17. The van der Waals surface area contributed by atoms with Gasteiger partial charge in [-0.25, -0.2) is 0 Å². The SMILES string of the molecule is Cc1ccc(C(=O)N2CCCCCCC2)s1. The Morgan fingerprint density at radius 3 is 2.31 bits per heavy atom. The van der Waals surface area contributed by atoms with Gasteiger partial charge in [-0.3, -0.25) is 4.79 Å². The molecule has 1 saturated heterocycles. The van der Waals surface area contributed by atoms with Crippen molar-refractivity contribution in [1.82, 2.24) is 4.90 Å². The number of hydrogen-bond acceptors (Lipinski definition) is 2. The summed E-state index contributed by atoms with van der Waals surface area (Å²) in [5.41, 5.74) is 0. The van der Waals surface area contributed by atoms with E-state index in [-0.39, 0.29) is 5.91 Å². The first-order chi connectivity index (χ1) is 7.77. The Morgan fingerprint density at radius 2 is 1.75 bits per heavy atom. The van der Waals surface area contributed by atoms with Crippen molar-refractivity contribution in [2.45, 2.75) is 39.0 Å². The normalized spacial score (nSPS) is 17.9. The smallest absolute Gasteiger partial charge is 0.263 e. The van der Waals surface area contributed by atoms with Crippen LogP contribution in [0.5, 0.6) is 0 Å². The third-order valence-corrected chi connectivity index (χ3v) is 4.08. The van der Waals surface area contributed by atoms with Gasteiger partial charge in [0.25, 0.3) is 5.91 Å². The largest absolute Gasteiger partial charge is 0.338 e. The van der Waals surface area contributed by atoms with E-state index in [0.29, 0.717) is 0 Å². The average molecular weight is 237 g/mol. The minimum Gasteiger partial charge on any atom is -0.338 e. The lowest BCUT2D eigenvalue weighted by molar-refractivity contribution is 0.0747. The molecule has 0 radical (unpaired) electrons. The van der Waals surface area contributed by atoms with Crippen LogP contribution in [-0.4, -0.2) is 23.9 Å². The van der Waals surface area contributed by atoms with Crippen molar-refractivity contribution in [1.29, 1.82) is 0 Å². The molecular formula is C13H19NOS. The minimum atomic E-state index is 0.236. The molecule has 2 heterocycles. The van der Waals surface area contributed by atoms with E-state index in [1.54, 1.807) is 11.3 Å². The third kappa shape index (κ3) is 2.85. The highest BCUT2D eigenvalue weighted by atomic mass is 32.1. The summed E-state index contributed by atoms with van der Waals surface area (Å²) in [6, 6.07) is 3.99. The molecular weight excluding hydrogens is 218 g/mol.